The first-order valence-corrected chi connectivity index (χ1v) is 7.65. The number of phenols is 1. The summed E-state index contributed by atoms with van der Waals surface area (Å²) in [6.45, 7) is 0. The van der Waals surface area contributed by atoms with Gasteiger partial charge in [-0.3, -0.25) is 0 Å². The second-order valence-corrected chi connectivity index (χ2v) is 5.16. The monoisotopic (exact) mass is 338 g/mol. The Morgan fingerprint density at radius 1 is 0.600 bits per heavy atom. The largest absolute Gasteiger partial charge is 0.502 e. The highest BCUT2D eigenvalue weighted by Crippen LogP contribution is 2.41. The number of ether oxygens (including phenoxy) is 4. The summed E-state index contributed by atoms with van der Waals surface area (Å²) in [6.07, 6.45) is 0. The highest BCUT2D eigenvalue weighted by atomic mass is 16.5. The van der Waals surface area contributed by atoms with Crippen LogP contribution in [-0.2, 0) is 0 Å². The van der Waals surface area contributed by atoms with Gasteiger partial charge in [0.2, 0.25) is 5.75 Å². The lowest BCUT2D eigenvalue weighted by atomic mass is 10.2. The maximum atomic E-state index is 10.5. The van der Waals surface area contributed by atoms with Crippen LogP contribution >= 0.6 is 0 Å². The SMILES string of the molecule is COc1cccc(Oc2cccc(Oc3cccc(OC)c3)c2O)c1. The maximum absolute atomic E-state index is 10.5. The Labute approximate surface area is 146 Å². The van der Waals surface area contributed by atoms with Crippen molar-refractivity contribution in [2.24, 2.45) is 0 Å². The molecule has 3 aromatic rings. The Bertz CT molecular complexity index is 792. The molecule has 0 aliphatic heterocycles. The first-order valence-electron chi connectivity index (χ1n) is 7.65. The summed E-state index contributed by atoms with van der Waals surface area (Å²) in [6, 6.07) is 19.3. The number of hydrogen-bond donors (Lipinski definition) is 1. The van der Waals surface area contributed by atoms with Gasteiger partial charge in [0.15, 0.2) is 11.5 Å². The molecule has 0 spiro atoms. The molecule has 0 amide bonds. The van der Waals surface area contributed by atoms with E-state index in [0.717, 1.165) is 0 Å². The van der Waals surface area contributed by atoms with Gasteiger partial charge in [-0.25, -0.2) is 0 Å². The molecule has 0 fully saturated rings. The molecule has 0 saturated carbocycles. The van der Waals surface area contributed by atoms with Gasteiger partial charge in [0.1, 0.15) is 23.0 Å². The summed E-state index contributed by atoms with van der Waals surface area (Å²) >= 11 is 0. The molecule has 25 heavy (non-hydrogen) atoms. The van der Waals surface area contributed by atoms with Crippen LogP contribution in [0.3, 0.4) is 0 Å². The fourth-order valence-electron chi connectivity index (χ4n) is 2.25. The summed E-state index contributed by atoms with van der Waals surface area (Å²) in [4.78, 5) is 0. The first kappa shape index (κ1) is 16.5. The quantitative estimate of drug-likeness (QED) is 0.686. The van der Waals surface area contributed by atoms with Gasteiger partial charge in [-0.15, -0.1) is 0 Å². The second-order valence-electron chi connectivity index (χ2n) is 5.16. The first-order chi connectivity index (χ1) is 12.2. The molecule has 5 nitrogen and oxygen atoms in total. The molecular formula is C20H18O5. The van der Waals surface area contributed by atoms with E-state index in [1.54, 1.807) is 56.7 Å². The van der Waals surface area contributed by atoms with Crippen molar-refractivity contribution >= 4 is 0 Å². The van der Waals surface area contributed by atoms with E-state index in [9.17, 15) is 5.11 Å². The third-order valence-corrected chi connectivity index (χ3v) is 3.50. The molecule has 0 aromatic heterocycles. The molecule has 5 heteroatoms. The number of methoxy groups -OCH3 is 2. The van der Waals surface area contributed by atoms with E-state index in [1.165, 1.54) is 0 Å². The van der Waals surface area contributed by atoms with E-state index in [4.69, 9.17) is 18.9 Å². The third kappa shape index (κ3) is 3.95. The summed E-state index contributed by atoms with van der Waals surface area (Å²) in [5.41, 5.74) is 0. The van der Waals surface area contributed by atoms with Crippen molar-refractivity contribution in [3.8, 4) is 40.2 Å². The number of phenolic OH excluding ortho intramolecular Hbond substituents is 1. The van der Waals surface area contributed by atoms with Crippen LogP contribution in [0.5, 0.6) is 40.2 Å². The Morgan fingerprint density at radius 3 is 1.44 bits per heavy atom. The molecule has 0 aliphatic carbocycles. The van der Waals surface area contributed by atoms with Crippen molar-refractivity contribution in [2.45, 2.75) is 0 Å². The lowest BCUT2D eigenvalue weighted by molar-refractivity contribution is 0.373. The molecular weight excluding hydrogens is 320 g/mol. The van der Waals surface area contributed by atoms with Crippen LogP contribution < -0.4 is 18.9 Å². The number of aromatic hydroxyl groups is 1. The smallest absolute Gasteiger partial charge is 0.202 e. The van der Waals surface area contributed by atoms with Crippen LogP contribution in [0.25, 0.3) is 0 Å². The van der Waals surface area contributed by atoms with E-state index in [1.807, 2.05) is 24.3 Å². The standard InChI is InChI=1S/C20H18O5/c1-22-14-6-3-8-16(12-14)24-18-10-5-11-19(20(18)21)25-17-9-4-7-15(13-17)23-2/h3-13,21H,1-2H3. The van der Waals surface area contributed by atoms with E-state index in [-0.39, 0.29) is 17.2 Å². The lowest BCUT2D eigenvalue weighted by Crippen LogP contribution is -1.90. The zero-order valence-corrected chi connectivity index (χ0v) is 13.9. The molecule has 0 unspecified atom stereocenters. The van der Waals surface area contributed by atoms with Crippen molar-refractivity contribution in [1.29, 1.82) is 0 Å². The molecule has 0 saturated heterocycles. The average Bonchev–Trinajstić information content (AvgIpc) is 2.65. The summed E-state index contributed by atoms with van der Waals surface area (Å²) in [5.74, 6) is 2.92. The predicted octanol–water partition coefficient (Wildman–Crippen LogP) is 4.99. The number of rotatable bonds is 6. The van der Waals surface area contributed by atoms with Gasteiger partial charge in [0, 0.05) is 12.1 Å². The number of para-hydroxylation sites is 1. The van der Waals surface area contributed by atoms with Crippen LogP contribution in [-0.4, -0.2) is 19.3 Å². The summed E-state index contributed by atoms with van der Waals surface area (Å²) in [5, 5.41) is 10.5. The molecule has 0 aliphatic rings. The zero-order chi connectivity index (χ0) is 17.6. The molecule has 0 radical (unpaired) electrons. The molecule has 128 valence electrons. The van der Waals surface area contributed by atoms with Gasteiger partial charge in [-0.05, 0) is 36.4 Å². The third-order valence-electron chi connectivity index (χ3n) is 3.50. The summed E-state index contributed by atoms with van der Waals surface area (Å²) in [7, 11) is 3.17. The van der Waals surface area contributed by atoms with Crippen LogP contribution in [0.15, 0.2) is 66.7 Å². The van der Waals surface area contributed by atoms with Crippen molar-refractivity contribution in [3.63, 3.8) is 0 Å². The number of benzene rings is 3. The van der Waals surface area contributed by atoms with Crippen LogP contribution in [0.2, 0.25) is 0 Å². The van der Waals surface area contributed by atoms with E-state index in [2.05, 4.69) is 0 Å². The fraction of sp³-hybridized carbons (Fsp3) is 0.100. The highest BCUT2D eigenvalue weighted by molar-refractivity contribution is 5.53. The van der Waals surface area contributed by atoms with E-state index in [0.29, 0.717) is 23.0 Å². The van der Waals surface area contributed by atoms with E-state index >= 15 is 0 Å². The van der Waals surface area contributed by atoms with Gasteiger partial charge >= 0.3 is 0 Å². The predicted molar refractivity (Wildman–Crippen MR) is 94.2 cm³/mol. The minimum Gasteiger partial charge on any atom is -0.502 e. The average molecular weight is 338 g/mol. The molecule has 3 rings (SSSR count). The van der Waals surface area contributed by atoms with Crippen LogP contribution in [0, 0.1) is 0 Å². The second kappa shape index (κ2) is 7.49. The Morgan fingerprint density at radius 2 is 1.00 bits per heavy atom. The Kier molecular flexibility index (Phi) is 4.95. The molecule has 0 heterocycles. The molecule has 0 atom stereocenters. The molecule has 0 bridgehead atoms. The summed E-state index contributed by atoms with van der Waals surface area (Å²) < 4.78 is 21.8. The van der Waals surface area contributed by atoms with Gasteiger partial charge in [0.05, 0.1) is 14.2 Å². The van der Waals surface area contributed by atoms with Crippen LogP contribution in [0.4, 0.5) is 0 Å². The normalized spacial score (nSPS) is 10.2. The van der Waals surface area contributed by atoms with Gasteiger partial charge < -0.3 is 24.1 Å². The lowest BCUT2D eigenvalue weighted by Gasteiger charge is -2.13. The van der Waals surface area contributed by atoms with Crippen LogP contribution in [0.1, 0.15) is 0 Å². The minimum absolute atomic E-state index is 0.0897. The zero-order valence-electron chi connectivity index (χ0n) is 13.9. The van der Waals surface area contributed by atoms with Gasteiger partial charge in [0.25, 0.3) is 0 Å². The molecule has 3 aromatic carbocycles. The number of hydrogen-bond acceptors (Lipinski definition) is 5. The molecule has 1 N–H and O–H groups in total. The van der Waals surface area contributed by atoms with Crippen molar-refractivity contribution in [1.82, 2.24) is 0 Å². The maximum Gasteiger partial charge on any atom is 0.202 e. The topological polar surface area (TPSA) is 57.2 Å². The van der Waals surface area contributed by atoms with Crippen molar-refractivity contribution in [2.75, 3.05) is 14.2 Å². The van der Waals surface area contributed by atoms with Gasteiger partial charge in [-0.2, -0.15) is 0 Å². The Hall–Kier alpha value is -3.34. The Balaban J connectivity index is 1.84. The van der Waals surface area contributed by atoms with Crippen molar-refractivity contribution < 1.29 is 24.1 Å². The fourth-order valence-corrected chi connectivity index (χ4v) is 2.25. The minimum atomic E-state index is -0.0897. The highest BCUT2D eigenvalue weighted by Gasteiger charge is 2.12. The van der Waals surface area contributed by atoms with Crippen molar-refractivity contribution in [3.05, 3.63) is 66.7 Å². The van der Waals surface area contributed by atoms with E-state index < -0.39 is 0 Å². The van der Waals surface area contributed by atoms with Gasteiger partial charge in [-0.1, -0.05) is 18.2 Å².